The summed E-state index contributed by atoms with van der Waals surface area (Å²) in [5, 5.41) is 11.6. The van der Waals surface area contributed by atoms with Crippen molar-refractivity contribution in [2.75, 3.05) is 13.1 Å². The highest BCUT2D eigenvalue weighted by Crippen LogP contribution is 2.29. The molecule has 0 spiro atoms. The molecule has 1 aromatic carbocycles. The Morgan fingerprint density at radius 2 is 1.68 bits per heavy atom. The van der Waals surface area contributed by atoms with Crippen LogP contribution in [0.5, 0.6) is 0 Å². The third-order valence-electron chi connectivity index (χ3n) is 4.44. The molecule has 5 heteroatoms. The third kappa shape index (κ3) is 2.82. The van der Waals surface area contributed by atoms with Crippen LogP contribution in [-0.4, -0.2) is 34.9 Å². The number of rotatable bonds is 3. The summed E-state index contributed by atoms with van der Waals surface area (Å²) in [4.78, 5) is 24.4. The van der Waals surface area contributed by atoms with Gasteiger partial charge in [-0.2, -0.15) is 5.26 Å². The highest BCUT2D eigenvalue weighted by Gasteiger charge is 2.32. The number of carbonyl (C=O) groups is 2. The monoisotopic (exact) mass is 297 g/mol. The van der Waals surface area contributed by atoms with E-state index in [1.54, 1.807) is 5.01 Å². The molecule has 1 aliphatic carbocycles. The summed E-state index contributed by atoms with van der Waals surface area (Å²) in [5.41, 5.74) is 2.67. The Balaban J connectivity index is 1.61. The lowest BCUT2D eigenvalue weighted by atomic mass is 10.0. The Kier molecular flexibility index (Phi) is 4.10. The van der Waals surface area contributed by atoms with Crippen molar-refractivity contribution < 1.29 is 9.59 Å². The van der Waals surface area contributed by atoms with Gasteiger partial charge in [0.25, 0.3) is 5.91 Å². The van der Waals surface area contributed by atoms with E-state index in [4.69, 9.17) is 5.26 Å². The minimum absolute atomic E-state index is 0.00148. The molecule has 0 saturated carbocycles. The van der Waals surface area contributed by atoms with Crippen LogP contribution in [0.2, 0.25) is 0 Å². The first-order valence-electron chi connectivity index (χ1n) is 7.73. The molecule has 0 unspecified atom stereocenters. The zero-order valence-corrected chi connectivity index (χ0v) is 12.5. The predicted octanol–water partition coefficient (Wildman–Crippen LogP) is 1.68. The predicted molar refractivity (Wildman–Crippen MR) is 80.2 cm³/mol. The summed E-state index contributed by atoms with van der Waals surface area (Å²) in [6.45, 7) is 1.12. The maximum atomic E-state index is 12.5. The first-order chi connectivity index (χ1) is 10.7. The van der Waals surface area contributed by atoms with Crippen molar-refractivity contribution >= 4 is 11.8 Å². The zero-order valence-electron chi connectivity index (χ0n) is 12.5. The minimum Gasteiger partial charge on any atom is -0.273 e. The molecule has 1 aromatic rings. The van der Waals surface area contributed by atoms with Gasteiger partial charge in [-0.15, -0.1) is 0 Å². The van der Waals surface area contributed by atoms with Crippen LogP contribution in [0.15, 0.2) is 24.3 Å². The van der Waals surface area contributed by atoms with Crippen molar-refractivity contribution in [1.29, 1.82) is 5.26 Å². The zero-order chi connectivity index (χ0) is 15.5. The SMILES string of the molecule is N#CCC(=O)N1CCCN1C(=O)CC1Cc2ccccc2C1. The number of carbonyl (C=O) groups excluding carboxylic acids is 2. The van der Waals surface area contributed by atoms with Crippen LogP contribution < -0.4 is 0 Å². The van der Waals surface area contributed by atoms with E-state index in [-0.39, 0.29) is 18.2 Å². The van der Waals surface area contributed by atoms with E-state index in [2.05, 4.69) is 12.1 Å². The van der Waals surface area contributed by atoms with Crippen LogP contribution in [-0.2, 0) is 22.4 Å². The molecule has 0 aromatic heterocycles. The van der Waals surface area contributed by atoms with E-state index >= 15 is 0 Å². The molecule has 114 valence electrons. The lowest BCUT2D eigenvalue weighted by Crippen LogP contribution is -2.45. The van der Waals surface area contributed by atoms with Crippen LogP contribution in [0.3, 0.4) is 0 Å². The maximum Gasteiger partial charge on any atom is 0.255 e. The minimum atomic E-state index is -0.275. The standard InChI is InChI=1S/C17H19N3O2/c18-7-6-16(21)19-8-3-9-20(19)17(22)12-13-10-14-4-1-2-5-15(14)11-13/h1-2,4-5,13H,3,6,8-12H2. The molecular weight excluding hydrogens is 278 g/mol. The van der Waals surface area contributed by atoms with Crippen molar-refractivity contribution in [2.24, 2.45) is 5.92 Å². The largest absolute Gasteiger partial charge is 0.273 e. The molecule has 2 aliphatic rings. The van der Waals surface area contributed by atoms with Crippen molar-refractivity contribution in [3.05, 3.63) is 35.4 Å². The van der Waals surface area contributed by atoms with Gasteiger partial charge in [0, 0.05) is 19.5 Å². The normalized spacial score (nSPS) is 17.4. The van der Waals surface area contributed by atoms with Crippen LogP contribution >= 0.6 is 0 Å². The van der Waals surface area contributed by atoms with Gasteiger partial charge in [-0.3, -0.25) is 19.6 Å². The van der Waals surface area contributed by atoms with Gasteiger partial charge in [-0.1, -0.05) is 24.3 Å². The van der Waals surface area contributed by atoms with Gasteiger partial charge in [-0.25, -0.2) is 0 Å². The average molecular weight is 297 g/mol. The average Bonchev–Trinajstić information content (AvgIpc) is 3.13. The van der Waals surface area contributed by atoms with Crippen molar-refractivity contribution in [3.8, 4) is 6.07 Å². The fourth-order valence-electron chi connectivity index (χ4n) is 3.44. The highest BCUT2D eigenvalue weighted by atomic mass is 16.2. The Morgan fingerprint density at radius 3 is 2.27 bits per heavy atom. The second kappa shape index (κ2) is 6.18. The molecule has 1 saturated heterocycles. The van der Waals surface area contributed by atoms with Crippen LogP contribution in [0.25, 0.3) is 0 Å². The van der Waals surface area contributed by atoms with E-state index in [0.29, 0.717) is 25.4 Å². The summed E-state index contributed by atoms with van der Waals surface area (Å²) < 4.78 is 0. The number of fused-ring (bicyclic) bond motifs is 1. The molecule has 1 heterocycles. The molecule has 0 bridgehead atoms. The summed E-state index contributed by atoms with van der Waals surface area (Å²) in [6, 6.07) is 10.2. The molecule has 3 rings (SSSR count). The summed E-state index contributed by atoms with van der Waals surface area (Å²) >= 11 is 0. The Hall–Kier alpha value is -2.35. The Bertz CT molecular complexity index is 610. The molecular formula is C17H19N3O2. The molecule has 0 radical (unpaired) electrons. The third-order valence-corrected chi connectivity index (χ3v) is 4.44. The van der Waals surface area contributed by atoms with E-state index in [9.17, 15) is 9.59 Å². The molecule has 0 atom stereocenters. The number of nitriles is 1. The van der Waals surface area contributed by atoms with Gasteiger partial charge < -0.3 is 0 Å². The van der Waals surface area contributed by atoms with E-state index in [1.165, 1.54) is 16.1 Å². The number of nitrogens with zero attached hydrogens (tertiary/aromatic N) is 3. The molecule has 2 amide bonds. The van der Waals surface area contributed by atoms with Gasteiger partial charge in [0.2, 0.25) is 5.91 Å². The first-order valence-corrected chi connectivity index (χ1v) is 7.73. The molecule has 5 nitrogen and oxygen atoms in total. The Morgan fingerprint density at radius 1 is 1.09 bits per heavy atom. The topological polar surface area (TPSA) is 64.4 Å². The lowest BCUT2D eigenvalue weighted by Gasteiger charge is -2.28. The van der Waals surface area contributed by atoms with Crippen molar-refractivity contribution in [3.63, 3.8) is 0 Å². The van der Waals surface area contributed by atoms with Gasteiger partial charge >= 0.3 is 0 Å². The molecule has 1 fully saturated rings. The maximum absolute atomic E-state index is 12.5. The fraction of sp³-hybridized carbons (Fsp3) is 0.471. The Labute approximate surface area is 130 Å². The number of benzene rings is 1. The summed E-state index contributed by atoms with van der Waals surface area (Å²) in [6.07, 6.45) is 2.95. The number of amides is 2. The van der Waals surface area contributed by atoms with Crippen LogP contribution in [0.1, 0.15) is 30.4 Å². The molecule has 0 N–H and O–H groups in total. The first kappa shape index (κ1) is 14.6. The number of hydrogen-bond donors (Lipinski definition) is 0. The van der Waals surface area contributed by atoms with E-state index in [1.807, 2.05) is 18.2 Å². The fourth-order valence-corrected chi connectivity index (χ4v) is 3.44. The van der Waals surface area contributed by atoms with E-state index < -0.39 is 0 Å². The summed E-state index contributed by atoms with van der Waals surface area (Å²) in [5.74, 6) is 0.0445. The molecule has 1 aliphatic heterocycles. The van der Waals surface area contributed by atoms with Gasteiger partial charge in [0.1, 0.15) is 6.42 Å². The van der Waals surface area contributed by atoms with Crippen molar-refractivity contribution in [2.45, 2.75) is 32.1 Å². The second-order valence-electron chi connectivity index (χ2n) is 5.97. The highest BCUT2D eigenvalue weighted by molar-refractivity contribution is 5.83. The van der Waals surface area contributed by atoms with Crippen LogP contribution in [0.4, 0.5) is 0 Å². The van der Waals surface area contributed by atoms with Gasteiger partial charge in [0.15, 0.2) is 0 Å². The summed E-state index contributed by atoms with van der Waals surface area (Å²) in [7, 11) is 0. The quantitative estimate of drug-likeness (QED) is 0.852. The molecule has 22 heavy (non-hydrogen) atoms. The number of hydrogen-bond acceptors (Lipinski definition) is 3. The smallest absolute Gasteiger partial charge is 0.255 e. The second-order valence-corrected chi connectivity index (χ2v) is 5.97. The number of hydrazine groups is 1. The van der Waals surface area contributed by atoms with E-state index in [0.717, 1.165) is 19.3 Å². The van der Waals surface area contributed by atoms with Gasteiger partial charge in [0.05, 0.1) is 6.07 Å². The lowest BCUT2D eigenvalue weighted by molar-refractivity contribution is -0.157. The van der Waals surface area contributed by atoms with Crippen molar-refractivity contribution in [1.82, 2.24) is 10.0 Å². The van der Waals surface area contributed by atoms with Gasteiger partial charge in [-0.05, 0) is 36.3 Å². The van der Waals surface area contributed by atoms with Crippen LogP contribution in [0, 0.1) is 17.2 Å².